The molecule has 0 saturated carbocycles. The summed E-state index contributed by atoms with van der Waals surface area (Å²) >= 11 is 0. The molecule has 0 aliphatic carbocycles. The molecule has 0 bridgehead atoms. The second-order valence-corrected chi connectivity index (χ2v) is 7.27. The molecule has 4 rings (SSSR count). The largest absolute Gasteiger partial charge is 0.494 e. The van der Waals surface area contributed by atoms with Crippen LogP contribution in [0.2, 0.25) is 0 Å². The lowest BCUT2D eigenvalue weighted by molar-refractivity contribution is -0.138. The van der Waals surface area contributed by atoms with Crippen molar-refractivity contribution in [1.82, 2.24) is 20.0 Å². The Kier molecular flexibility index (Phi) is 4.99. The minimum atomic E-state index is -0.391. The highest BCUT2D eigenvalue weighted by Gasteiger charge is 2.55. The lowest BCUT2D eigenvalue weighted by Crippen LogP contribution is -2.66. The number of fused-ring (bicyclic) bond motifs is 3. The number of carbonyl (C=O) groups is 2. The third-order valence-electron chi connectivity index (χ3n) is 5.66. The molecule has 3 amide bonds. The molecule has 1 aromatic rings. The van der Waals surface area contributed by atoms with Crippen LogP contribution in [-0.2, 0) is 4.79 Å². The second kappa shape index (κ2) is 7.44. The van der Waals surface area contributed by atoms with E-state index in [0.29, 0.717) is 6.61 Å². The molecule has 3 aliphatic rings. The Bertz CT molecular complexity index is 768. The van der Waals surface area contributed by atoms with Crippen molar-refractivity contribution in [3.8, 4) is 5.75 Å². The highest BCUT2D eigenvalue weighted by molar-refractivity contribution is 6.00. The van der Waals surface area contributed by atoms with Crippen LogP contribution in [-0.4, -0.2) is 78.4 Å². The van der Waals surface area contributed by atoms with Crippen LogP contribution >= 0.6 is 0 Å². The molecule has 3 unspecified atom stereocenters. The summed E-state index contributed by atoms with van der Waals surface area (Å²) < 4.78 is 5.54. The van der Waals surface area contributed by atoms with Crippen LogP contribution in [0.5, 0.6) is 5.75 Å². The maximum Gasteiger partial charge on any atom is 0.328 e. The van der Waals surface area contributed by atoms with Crippen LogP contribution < -0.4 is 15.0 Å². The first-order chi connectivity index (χ1) is 13.6. The number of nitrogens with one attached hydrogen (secondary N) is 1. The first-order valence-corrected chi connectivity index (χ1v) is 9.77. The minimum Gasteiger partial charge on any atom is -0.494 e. The van der Waals surface area contributed by atoms with E-state index in [4.69, 9.17) is 4.74 Å². The fraction of sp³-hybridized carbons (Fsp3) is 0.500. The molecule has 8 heteroatoms. The van der Waals surface area contributed by atoms with Gasteiger partial charge in [-0.15, -0.1) is 6.58 Å². The smallest absolute Gasteiger partial charge is 0.328 e. The fourth-order valence-electron chi connectivity index (χ4n) is 4.38. The topological polar surface area (TPSA) is 68.4 Å². The summed E-state index contributed by atoms with van der Waals surface area (Å²) in [5.74, 6) is 0.685. The molecule has 3 aliphatic heterocycles. The SMILES string of the molecule is C=CCN1C(=O)C2C(NC3N(c4ccc(OCC)cc4)CCCN23)N(C)C1=O. The molecule has 0 aromatic heterocycles. The number of imide groups is 1. The summed E-state index contributed by atoms with van der Waals surface area (Å²) in [4.78, 5) is 33.0. The summed E-state index contributed by atoms with van der Waals surface area (Å²) in [6, 6.07) is 7.33. The van der Waals surface area contributed by atoms with Gasteiger partial charge in [0.05, 0.1) is 6.61 Å². The van der Waals surface area contributed by atoms with Gasteiger partial charge < -0.3 is 14.5 Å². The maximum absolute atomic E-state index is 13.1. The predicted octanol–water partition coefficient (Wildman–Crippen LogP) is 1.26. The van der Waals surface area contributed by atoms with E-state index in [1.807, 2.05) is 31.2 Å². The Hall–Kier alpha value is -2.58. The van der Waals surface area contributed by atoms with E-state index in [1.54, 1.807) is 18.0 Å². The van der Waals surface area contributed by atoms with Crippen molar-refractivity contribution >= 4 is 17.6 Å². The van der Waals surface area contributed by atoms with E-state index in [0.717, 1.165) is 30.9 Å². The number of urea groups is 1. The van der Waals surface area contributed by atoms with E-state index < -0.39 is 6.04 Å². The van der Waals surface area contributed by atoms with Gasteiger partial charge in [-0.2, -0.15) is 0 Å². The van der Waals surface area contributed by atoms with Gasteiger partial charge in [-0.3, -0.25) is 19.9 Å². The van der Waals surface area contributed by atoms with Crippen molar-refractivity contribution in [1.29, 1.82) is 0 Å². The number of benzene rings is 1. The molecular formula is C20H27N5O3. The van der Waals surface area contributed by atoms with Gasteiger partial charge >= 0.3 is 6.03 Å². The number of likely N-dealkylation sites (N-methyl/N-ethyl adjacent to an activating group) is 1. The Morgan fingerprint density at radius 3 is 2.68 bits per heavy atom. The second-order valence-electron chi connectivity index (χ2n) is 7.27. The van der Waals surface area contributed by atoms with Crippen molar-refractivity contribution in [3.05, 3.63) is 36.9 Å². The molecule has 3 fully saturated rings. The zero-order valence-electron chi connectivity index (χ0n) is 16.4. The van der Waals surface area contributed by atoms with Crippen LogP contribution in [0.4, 0.5) is 10.5 Å². The average Bonchev–Trinajstić information content (AvgIpc) is 3.10. The van der Waals surface area contributed by atoms with E-state index in [9.17, 15) is 9.59 Å². The quantitative estimate of drug-likeness (QED) is 0.770. The van der Waals surface area contributed by atoms with Crippen LogP contribution in [0.3, 0.4) is 0 Å². The first kappa shape index (κ1) is 18.8. The first-order valence-electron chi connectivity index (χ1n) is 9.77. The zero-order valence-corrected chi connectivity index (χ0v) is 16.4. The third-order valence-corrected chi connectivity index (χ3v) is 5.66. The summed E-state index contributed by atoms with van der Waals surface area (Å²) in [5, 5.41) is 3.51. The summed E-state index contributed by atoms with van der Waals surface area (Å²) in [5.41, 5.74) is 1.06. The van der Waals surface area contributed by atoms with Crippen molar-refractivity contribution in [2.45, 2.75) is 31.8 Å². The van der Waals surface area contributed by atoms with Crippen LogP contribution in [0, 0.1) is 0 Å². The Balaban J connectivity index is 1.61. The van der Waals surface area contributed by atoms with Gasteiger partial charge in [-0.1, -0.05) is 6.08 Å². The molecule has 0 spiro atoms. The van der Waals surface area contributed by atoms with Crippen molar-refractivity contribution in [2.24, 2.45) is 0 Å². The van der Waals surface area contributed by atoms with Gasteiger partial charge in [0.1, 0.15) is 24.2 Å². The number of hydrogen-bond acceptors (Lipinski definition) is 6. The molecule has 1 N–H and O–H groups in total. The van der Waals surface area contributed by atoms with Gasteiger partial charge in [0, 0.05) is 32.4 Å². The number of carbonyl (C=O) groups excluding carboxylic acids is 2. The Morgan fingerprint density at radius 2 is 2.00 bits per heavy atom. The molecule has 3 heterocycles. The minimum absolute atomic E-state index is 0.135. The van der Waals surface area contributed by atoms with Gasteiger partial charge in [-0.25, -0.2) is 4.79 Å². The van der Waals surface area contributed by atoms with Gasteiger partial charge in [0.25, 0.3) is 5.91 Å². The Morgan fingerprint density at radius 1 is 1.25 bits per heavy atom. The van der Waals surface area contributed by atoms with Crippen LogP contribution in [0.15, 0.2) is 36.9 Å². The number of anilines is 1. The van der Waals surface area contributed by atoms with Crippen molar-refractivity contribution in [3.63, 3.8) is 0 Å². The zero-order chi connectivity index (χ0) is 19.8. The molecular weight excluding hydrogens is 358 g/mol. The number of rotatable bonds is 5. The molecule has 3 atom stereocenters. The molecule has 8 nitrogen and oxygen atoms in total. The van der Waals surface area contributed by atoms with Crippen LogP contribution in [0.25, 0.3) is 0 Å². The summed E-state index contributed by atoms with van der Waals surface area (Å²) in [6.45, 7) is 8.19. The Labute approximate surface area is 165 Å². The van der Waals surface area contributed by atoms with E-state index in [-0.39, 0.29) is 30.9 Å². The predicted molar refractivity (Wildman–Crippen MR) is 106 cm³/mol. The summed E-state index contributed by atoms with van der Waals surface area (Å²) in [7, 11) is 1.75. The standard InChI is InChI=1S/C20H27N5O3/c1-4-11-25-18(26)16-17(22(3)20(25)27)21-19-23(12-6-13-24(16)19)14-7-9-15(10-8-14)28-5-2/h4,7-10,16-17,19,21H,1,5-6,11-13H2,2-3H3. The molecule has 1 aromatic carbocycles. The number of amides is 3. The van der Waals surface area contributed by atoms with E-state index in [1.165, 1.54) is 4.90 Å². The molecule has 150 valence electrons. The van der Waals surface area contributed by atoms with E-state index in [2.05, 4.69) is 21.7 Å². The summed E-state index contributed by atoms with van der Waals surface area (Å²) in [6.07, 6.45) is 2.06. The van der Waals surface area contributed by atoms with Crippen molar-refractivity contribution in [2.75, 3.05) is 38.2 Å². The normalized spacial score (nSPS) is 27.6. The number of ether oxygens (including phenoxy) is 1. The van der Waals surface area contributed by atoms with Crippen LogP contribution in [0.1, 0.15) is 13.3 Å². The van der Waals surface area contributed by atoms with E-state index >= 15 is 0 Å². The highest BCUT2D eigenvalue weighted by atomic mass is 16.5. The van der Waals surface area contributed by atoms with Crippen molar-refractivity contribution < 1.29 is 14.3 Å². The van der Waals surface area contributed by atoms with Gasteiger partial charge in [0.15, 0.2) is 0 Å². The lowest BCUT2D eigenvalue weighted by atomic mass is 10.1. The highest BCUT2D eigenvalue weighted by Crippen LogP contribution is 2.33. The molecule has 28 heavy (non-hydrogen) atoms. The fourth-order valence-corrected chi connectivity index (χ4v) is 4.38. The number of nitrogens with zero attached hydrogens (tertiary/aromatic N) is 4. The number of hydrogen-bond donors (Lipinski definition) is 1. The molecule has 0 radical (unpaired) electrons. The maximum atomic E-state index is 13.1. The van der Waals surface area contributed by atoms with Gasteiger partial charge in [-0.05, 0) is 37.6 Å². The monoisotopic (exact) mass is 385 g/mol. The van der Waals surface area contributed by atoms with Gasteiger partial charge in [0.2, 0.25) is 0 Å². The average molecular weight is 385 g/mol. The third kappa shape index (κ3) is 2.93. The lowest BCUT2D eigenvalue weighted by Gasteiger charge is -2.43. The molecule has 3 saturated heterocycles.